The predicted octanol–water partition coefficient (Wildman–Crippen LogP) is 17.7. The van der Waals surface area contributed by atoms with E-state index >= 15 is 0 Å². The quantitative estimate of drug-likeness (QED) is 0.0416. The molecule has 0 nitrogen and oxygen atoms in total. The van der Waals surface area contributed by atoms with Gasteiger partial charge in [-0.2, -0.15) is 11.3 Å². The minimum absolute atomic E-state index is 1.15. The van der Waals surface area contributed by atoms with E-state index < -0.39 is 11.2 Å². The maximum absolute atomic E-state index is 4.89. The van der Waals surface area contributed by atoms with Crippen LogP contribution < -0.4 is 0 Å². The normalized spacial score (nSPS) is 11.0. The summed E-state index contributed by atoms with van der Waals surface area (Å²) in [5.74, 6) is 9.22. The van der Waals surface area contributed by atoms with Gasteiger partial charge in [-0.15, -0.1) is 105 Å². The monoisotopic (exact) mass is 1030 g/mol. The number of halogens is 3. The molecule has 0 spiro atoms. The van der Waals surface area contributed by atoms with E-state index in [0.29, 0.717) is 0 Å². The molecular weight excluding hydrogens is 987 g/mol. The van der Waals surface area contributed by atoms with E-state index in [2.05, 4.69) is 146 Å². The minimum Gasteiger partial charge on any atom is -0.150 e. The van der Waals surface area contributed by atoms with Crippen LogP contribution in [0.1, 0.15) is 9.75 Å². The molecule has 14 heteroatoms. The number of thioether (sulfide) groups is 8. The van der Waals surface area contributed by atoms with Crippen molar-refractivity contribution < 1.29 is 11.2 Å². The topological polar surface area (TPSA) is 0 Å². The summed E-state index contributed by atoms with van der Waals surface area (Å²) in [5, 5.41) is 4.59. The molecule has 2 heterocycles. The molecule has 0 aliphatic heterocycles. The Hall–Kier alpha value is 0.469. The molecule has 6 aromatic rings. The zero-order chi connectivity index (χ0) is 39.6. The standard InChI is InChI=1S/C22H24S5.C20H20S5.3ClH.Fe/c1-17-21(25-15-13-23-19-9-5-3-6-10-19)22(18(2)27-17)26-16-14-24-20-11-7-4-8-12-20;1-3-7-17(8-4-1)22-11-13-24-19-15-21-16-20(19)25-14-12-23-18-9-5-2-6-10-18;;;;/h3-12H,13-16H2,1-2H3;1-10,15-16H,11-14H2;3*1H;/q;;;;;+3/p-3. The van der Waals surface area contributed by atoms with Gasteiger partial charge >= 0.3 is 41.5 Å². The van der Waals surface area contributed by atoms with Crippen molar-refractivity contribution in [2.24, 2.45) is 0 Å². The first kappa shape index (κ1) is 49.1. The van der Waals surface area contributed by atoms with Crippen molar-refractivity contribution in [1.82, 2.24) is 0 Å². The van der Waals surface area contributed by atoms with E-state index in [1.807, 2.05) is 117 Å². The van der Waals surface area contributed by atoms with Gasteiger partial charge in [-0.05, 0) is 62.4 Å². The van der Waals surface area contributed by atoms with Gasteiger partial charge in [0.25, 0.3) is 0 Å². The molecule has 2 aromatic heterocycles. The van der Waals surface area contributed by atoms with E-state index in [1.54, 1.807) is 0 Å². The number of thiophene rings is 2. The third-order valence-electron chi connectivity index (χ3n) is 7.13. The Morgan fingerprint density at radius 1 is 0.393 bits per heavy atom. The first-order valence-corrected chi connectivity index (χ1v) is 31.6. The fourth-order valence-electron chi connectivity index (χ4n) is 4.76. The molecule has 0 amide bonds. The van der Waals surface area contributed by atoms with Gasteiger partial charge in [0.05, 0.1) is 0 Å². The molecule has 0 saturated heterocycles. The van der Waals surface area contributed by atoms with Crippen molar-refractivity contribution in [1.29, 1.82) is 0 Å². The molecule has 0 atom stereocenters. The largest absolute Gasteiger partial charge is 0.150 e. The van der Waals surface area contributed by atoms with Crippen LogP contribution in [0.4, 0.5) is 0 Å². The van der Waals surface area contributed by atoms with Crippen LogP contribution in [0, 0.1) is 13.8 Å². The second-order valence-corrected chi connectivity index (χ2v) is 28.0. The van der Waals surface area contributed by atoms with Crippen molar-refractivity contribution >= 4 is 147 Å². The van der Waals surface area contributed by atoms with Gasteiger partial charge in [-0.1, -0.05) is 72.8 Å². The summed E-state index contributed by atoms with van der Waals surface area (Å²) in [6, 6.07) is 42.7. The molecule has 0 aliphatic rings. The van der Waals surface area contributed by atoms with Gasteiger partial charge in [0.15, 0.2) is 0 Å². The molecule has 0 aliphatic carbocycles. The van der Waals surface area contributed by atoms with E-state index in [-0.39, 0.29) is 0 Å². The van der Waals surface area contributed by atoms with Crippen molar-refractivity contribution in [3.05, 3.63) is 142 Å². The zero-order valence-electron chi connectivity index (χ0n) is 30.9. The summed E-state index contributed by atoms with van der Waals surface area (Å²) in [6.07, 6.45) is 0. The second kappa shape index (κ2) is 30.5. The fraction of sp³-hybridized carbons (Fsp3) is 0.238. The van der Waals surface area contributed by atoms with Gasteiger partial charge in [0.1, 0.15) is 0 Å². The summed E-state index contributed by atoms with van der Waals surface area (Å²) >= 11 is 18.3. The molecule has 0 N–H and O–H groups in total. The summed E-state index contributed by atoms with van der Waals surface area (Å²) < 4.78 is 0. The molecule has 56 heavy (non-hydrogen) atoms. The predicted molar refractivity (Wildman–Crippen MR) is 267 cm³/mol. The number of hydrogen-bond donors (Lipinski definition) is 0. The summed E-state index contributed by atoms with van der Waals surface area (Å²) in [4.78, 5) is 14.3. The average Bonchev–Trinajstić information content (AvgIpc) is 3.78. The minimum atomic E-state index is -1.33. The second-order valence-electron chi connectivity index (χ2n) is 11.2. The van der Waals surface area contributed by atoms with E-state index in [4.69, 9.17) is 30.3 Å². The van der Waals surface area contributed by atoms with Crippen LogP contribution in [0.5, 0.6) is 0 Å². The Morgan fingerprint density at radius 3 is 0.929 bits per heavy atom. The maximum atomic E-state index is 4.89. The van der Waals surface area contributed by atoms with E-state index in [9.17, 15) is 0 Å². The molecule has 0 bridgehead atoms. The smallest absolute Gasteiger partial charge is 0.0315 e. The van der Waals surface area contributed by atoms with Gasteiger partial charge in [0, 0.05) is 106 Å². The van der Waals surface area contributed by atoms with E-state index in [0.717, 1.165) is 46.0 Å². The Labute approximate surface area is 394 Å². The summed E-state index contributed by atoms with van der Waals surface area (Å²) in [6.45, 7) is 4.54. The zero-order valence-corrected chi connectivity index (χ0v) is 42.5. The van der Waals surface area contributed by atoms with Crippen LogP contribution in [-0.4, -0.2) is 46.0 Å². The SMILES string of the molecule is Cc1sc(C)c(SCCSc2ccccc2)c1SCCSc1ccccc1.[Cl][Fe]([Cl])[Cl].c1ccc(SCCSc2cscc2SCCSc2ccccc2)cc1. The molecule has 6 rings (SSSR count). The number of hydrogen-bond acceptors (Lipinski definition) is 10. The Morgan fingerprint density at radius 2 is 0.643 bits per heavy atom. The Bertz CT molecular complexity index is 1750. The van der Waals surface area contributed by atoms with Crippen molar-refractivity contribution in [2.75, 3.05) is 46.0 Å². The molecule has 301 valence electrons. The van der Waals surface area contributed by atoms with Crippen LogP contribution in [0.2, 0.25) is 0 Å². The first-order valence-electron chi connectivity index (χ1n) is 17.4. The van der Waals surface area contributed by atoms with Crippen LogP contribution in [0.15, 0.2) is 171 Å². The Kier molecular flexibility index (Phi) is 26.7. The molecule has 0 unspecified atom stereocenters. The summed E-state index contributed by atoms with van der Waals surface area (Å²) in [5.41, 5.74) is 0. The summed E-state index contributed by atoms with van der Waals surface area (Å²) in [7, 11) is 14.7. The molecule has 0 fully saturated rings. The molecule has 0 saturated carbocycles. The molecule has 0 radical (unpaired) electrons. The van der Waals surface area contributed by atoms with Crippen molar-refractivity contribution in [3.8, 4) is 0 Å². The van der Waals surface area contributed by atoms with Crippen LogP contribution in [-0.2, 0) is 11.2 Å². The van der Waals surface area contributed by atoms with Gasteiger partial charge in [0.2, 0.25) is 0 Å². The van der Waals surface area contributed by atoms with Crippen LogP contribution in [0.3, 0.4) is 0 Å². The first-order chi connectivity index (χ1) is 27.4. The van der Waals surface area contributed by atoms with Gasteiger partial charge in [-0.25, -0.2) is 0 Å². The van der Waals surface area contributed by atoms with Crippen molar-refractivity contribution in [2.45, 2.75) is 53.0 Å². The van der Waals surface area contributed by atoms with Gasteiger partial charge < -0.3 is 0 Å². The van der Waals surface area contributed by atoms with E-state index in [1.165, 1.54) is 48.9 Å². The third kappa shape index (κ3) is 20.8. The van der Waals surface area contributed by atoms with Crippen molar-refractivity contribution in [3.63, 3.8) is 0 Å². The average molecular weight is 1030 g/mol. The van der Waals surface area contributed by atoms with Crippen LogP contribution in [0.25, 0.3) is 0 Å². The molecule has 4 aromatic carbocycles. The third-order valence-corrected chi connectivity index (χ3v) is 19.3. The van der Waals surface area contributed by atoms with Gasteiger partial charge in [-0.3, -0.25) is 0 Å². The molecular formula is C42H44Cl3FeS10. The van der Waals surface area contributed by atoms with Crippen LogP contribution >= 0.6 is 147 Å². The fourth-order valence-corrected chi connectivity index (χ4v) is 15.9. The Balaban J connectivity index is 0.000000228. The number of aryl methyl sites for hydroxylation is 2. The number of rotatable bonds is 20. The maximum Gasteiger partial charge on any atom is 0.0315 e. The number of benzene rings is 4.